The van der Waals surface area contributed by atoms with Crippen molar-refractivity contribution in [2.45, 2.75) is 132 Å². The van der Waals surface area contributed by atoms with E-state index in [9.17, 15) is 53.7 Å². The highest BCUT2D eigenvalue weighted by Crippen LogP contribution is 2.31. The highest BCUT2D eigenvalue weighted by Gasteiger charge is 2.47. The van der Waals surface area contributed by atoms with Gasteiger partial charge in [-0.15, -0.1) is 11.3 Å². The lowest BCUT2D eigenvalue weighted by Gasteiger charge is -2.43. The molecule has 82 heavy (non-hydrogen) atoms. The summed E-state index contributed by atoms with van der Waals surface area (Å²) in [5.74, 6) is -7.33. The molecule has 9 atom stereocenters. The number of carbonyl (C=O) groups excluding carboxylic acids is 8. The molecule has 17 N–H and O–H groups in total. The predicted octanol–water partition coefficient (Wildman–Crippen LogP) is -3.77. The van der Waals surface area contributed by atoms with Crippen LogP contribution in [0.3, 0.4) is 0 Å². The van der Waals surface area contributed by atoms with Gasteiger partial charge < -0.3 is 84.9 Å². The van der Waals surface area contributed by atoms with Crippen molar-refractivity contribution in [3.05, 3.63) is 93.2 Å². The molecule has 1 unspecified atom stereocenters. The van der Waals surface area contributed by atoms with Gasteiger partial charge in [0.2, 0.25) is 47.3 Å². The molecule has 27 nitrogen and oxygen atoms in total. The van der Waals surface area contributed by atoms with E-state index in [4.69, 9.17) is 28.7 Å². The van der Waals surface area contributed by atoms with Gasteiger partial charge in [0.1, 0.15) is 42.3 Å². The number of aliphatic imine (C=N–C) groups is 2. The third-order valence-corrected chi connectivity index (χ3v) is 15.9. The Morgan fingerprint density at radius 3 is 1.88 bits per heavy atom. The van der Waals surface area contributed by atoms with Gasteiger partial charge in [-0.05, 0) is 72.2 Å². The topological polar surface area (TPSA) is 430 Å². The van der Waals surface area contributed by atoms with Gasteiger partial charge in [-0.3, -0.25) is 48.3 Å². The molecule has 1 aromatic heterocycles. The second-order valence-corrected chi connectivity index (χ2v) is 21.8. The van der Waals surface area contributed by atoms with Crippen molar-refractivity contribution in [1.29, 1.82) is 0 Å². The normalized spacial score (nSPS) is 20.6. The summed E-state index contributed by atoms with van der Waals surface area (Å²) in [7, 11) is 0. The molecule has 0 saturated carbocycles. The Hall–Kier alpha value is -8.21. The molecule has 2 saturated heterocycles. The molecule has 0 radical (unpaired) electrons. The number of nitrogens with two attached hydrogens (primary N) is 5. The molecule has 8 amide bonds. The quantitative estimate of drug-likeness (QED) is 0.0233. The lowest BCUT2D eigenvalue weighted by molar-refractivity contribution is -0.154. The van der Waals surface area contributed by atoms with Crippen molar-refractivity contribution in [2.24, 2.45) is 38.7 Å². The number of carbonyl (C=O) groups is 9. The van der Waals surface area contributed by atoms with Crippen molar-refractivity contribution >= 4 is 76.5 Å². The van der Waals surface area contributed by atoms with E-state index in [0.29, 0.717) is 29.7 Å². The second kappa shape index (κ2) is 28.5. The van der Waals surface area contributed by atoms with Gasteiger partial charge in [-0.2, -0.15) is 0 Å². The van der Waals surface area contributed by atoms with Crippen LogP contribution in [0.1, 0.15) is 72.1 Å². The van der Waals surface area contributed by atoms with Crippen LogP contribution in [0.15, 0.2) is 76.0 Å². The second-order valence-electron chi connectivity index (χ2n) is 20.8. The van der Waals surface area contributed by atoms with Crippen LogP contribution in [0.25, 0.3) is 0 Å². The Morgan fingerprint density at radius 1 is 0.659 bits per heavy atom. The zero-order chi connectivity index (χ0) is 59.2. The number of β-amino-alcohol motifs (C(OH)–C–C–N with tert-alkyl or cyclic N) is 1. The molecule has 4 aliphatic rings. The van der Waals surface area contributed by atoms with Crippen molar-refractivity contribution < 1.29 is 58.5 Å². The number of hydrogen-bond donors (Lipinski definition) is 12. The van der Waals surface area contributed by atoms with Crippen LogP contribution in [0.5, 0.6) is 0 Å². The number of guanidine groups is 2. The summed E-state index contributed by atoms with van der Waals surface area (Å²) in [6.07, 6.45) is 0.339. The first-order valence-electron chi connectivity index (χ1n) is 27.2. The number of aliphatic carboxylic acids is 1. The van der Waals surface area contributed by atoms with Crippen LogP contribution in [0.2, 0.25) is 0 Å². The van der Waals surface area contributed by atoms with E-state index in [1.54, 1.807) is 60.0 Å². The highest BCUT2D eigenvalue weighted by atomic mass is 32.1. The zero-order valence-electron chi connectivity index (χ0n) is 45.3. The van der Waals surface area contributed by atoms with Crippen LogP contribution in [-0.2, 0) is 75.5 Å². The summed E-state index contributed by atoms with van der Waals surface area (Å²) in [4.78, 5) is 139. The fourth-order valence-electron chi connectivity index (χ4n) is 10.9. The highest BCUT2D eigenvalue weighted by molar-refractivity contribution is 7.09. The fraction of sp³-hybridized carbons (Fsp3) is 0.500. The van der Waals surface area contributed by atoms with Gasteiger partial charge >= 0.3 is 5.97 Å². The van der Waals surface area contributed by atoms with Crippen LogP contribution in [0.4, 0.5) is 0 Å². The minimum atomic E-state index is -1.66. The molecule has 0 bridgehead atoms. The molecule has 0 spiro atoms. The first-order chi connectivity index (χ1) is 39.2. The lowest BCUT2D eigenvalue weighted by Crippen LogP contribution is -2.63. The molecule has 3 aromatic rings. The number of fused-ring (bicyclic) bond motifs is 2. The van der Waals surface area contributed by atoms with Gasteiger partial charge in [0.25, 0.3) is 0 Å². The summed E-state index contributed by atoms with van der Waals surface area (Å²) in [5, 5.41) is 43.7. The SMILES string of the molecule is NC(N)=NCCC[C@@H](N)C(=O)N1CCC[C@H]1C(=O)N1CC(O)C[C@H]1C(=O)NCC(=O)N[C@@H](Cc1cccs1)C(=O)N[C@@H](CO)C(=O)N1Cc2ccccc2C[C@@H]1C(=O)N1Cc2ccccc2C[C@H]1C(=O)N[C@@H](CCCN=C(N)N)C(=O)O. The molecular formula is C54H73N15O12S. The Bertz CT molecular complexity index is 2880. The van der Waals surface area contributed by atoms with E-state index in [-0.39, 0.29) is 96.1 Å². The standard InChI is InChI=1S/C54H73N15O12S/c55-36(14-5-17-60-53(56)57)48(76)66-19-7-16-40(66)50(78)69-28-34(71)23-42(69)46(74)62-25-44(72)63-38(24-35-13-8-20-82-35)45(73)65-39(29-70)49(77)68-27-33-12-4-2-10-31(33)22-43(68)51(79)67-26-32-11-3-1-9-30(32)21-41(67)47(75)64-37(52(80)81)15-6-18-61-54(58)59/h1-4,8-13,20,34,36-43,70-71H,5-7,14-19,21-29,55H2,(H,62,74)(H,63,72)(H,64,75)(H,65,73)(H,80,81)(H4,56,57,60)(H4,58,59,61)/t34?,36-,37+,38+,39+,40+,41+,42+,43-/m1/s1. The average Bonchev–Trinajstić information content (AvgIpc) is 4.36. The Kier molecular flexibility index (Phi) is 21.3. The van der Waals surface area contributed by atoms with Crippen molar-refractivity contribution in [3.8, 4) is 0 Å². The summed E-state index contributed by atoms with van der Waals surface area (Å²) in [5.41, 5.74) is 30.7. The predicted molar refractivity (Wildman–Crippen MR) is 299 cm³/mol. The van der Waals surface area contributed by atoms with Crippen LogP contribution >= 0.6 is 11.3 Å². The number of rotatable bonds is 24. The van der Waals surface area contributed by atoms with E-state index in [0.717, 1.165) is 16.7 Å². The van der Waals surface area contributed by atoms with Crippen LogP contribution < -0.4 is 49.9 Å². The molecule has 442 valence electrons. The monoisotopic (exact) mass is 1160 g/mol. The van der Waals surface area contributed by atoms with Gasteiger partial charge in [0.05, 0.1) is 25.3 Å². The molecule has 2 aromatic carbocycles. The van der Waals surface area contributed by atoms with Crippen LogP contribution in [-0.4, -0.2) is 194 Å². The number of amides is 8. The third-order valence-electron chi connectivity index (χ3n) is 15.0. The smallest absolute Gasteiger partial charge is 0.326 e. The Morgan fingerprint density at radius 2 is 1.27 bits per heavy atom. The number of nitrogens with zero attached hydrogens (tertiary/aromatic N) is 6. The average molecular weight is 1160 g/mol. The van der Waals surface area contributed by atoms with E-state index < -0.39 is 121 Å². The molecule has 2 fully saturated rings. The number of likely N-dealkylation sites (tertiary alicyclic amines) is 2. The maximum absolute atomic E-state index is 15.2. The maximum atomic E-state index is 15.2. The molecule has 5 heterocycles. The number of benzene rings is 2. The molecular weight excluding hydrogens is 1080 g/mol. The summed E-state index contributed by atoms with van der Waals surface area (Å²) >= 11 is 1.28. The molecule has 7 rings (SSSR count). The number of thiophene rings is 1. The zero-order valence-corrected chi connectivity index (χ0v) is 46.1. The number of carboxylic acid groups (broad SMARTS) is 1. The van der Waals surface area contributed by atoms with E-state index >= 15 is 4.79 Å². The van der Waals surface area contributed by atoms with Gasteiger partial charge in [0.15, 0.2) is 11.9 Å². The van der Waals surface area contributed by atoms with Crippen molar-refractivity contribution in [2.75, 3.05) is 39.3 Å². The summed E-state index contributed by atoms with van der Waals surface area (Å²) in [6, 6.07) is 7.75. The van der Waals surface area contributed by atoms with E-state index in [1.807, 2.05) is 6.07 Å². The number of hydrogen-bond acceptors (Lipinski definition) is 15. The van der Waals surface area contributed by atoms with Crippen molar-refractivity contribution in [3.63, 3.8) is 0 Å². The largest absolute Gasteiger partial charge is 0.480 e. The number of carboxylic acids is 1. The molecule has 4 aliphatic heterocycles. The van der Waals surface area contributed by atoms with Gasteiger partial charge in [0, 0.05) is 69.8 Å². The summed E-state index contributed by atoms with van der Waals surface area (Å²) in [6.45, 7) is -1.40. The Labute approximate surface area is 477 Å². The third kappa shape index (κ3) is 15.6. The number of aliphatic hydroxyl groups is 2. The maximum Gasteiger partial charge on any atom is 0.326 e. The van der Waals surface area contributed by atoms with Gasteiger partial charge in [-0.1, -0.05) is 54.6 Å². The van der Waals surface area contributed by atoms with Crippen molar-refractivity contribution in [1.82, 2.24) is 40.9 Å². The minimum absolute atomic E-state index is 0.0204. The Balaban J connectivity index is 1.03. The number of nitrogens with one attached hydrogen (secondary N) is 4. The minimum Gasteiger partial charge on any atom is -0.480 e. The molecule has 0 aliphatic carbocycles. The molecule has 28 heteroatoms. The first-order valence-corrected chi connectivity index (χ1v) is 28.1. The summed E-state index contributed by atoms with van der Waals surface area (Å²) < 4.78 is 0. The van der Waals surface area contributed by atoms with E-state index in [1.165, 1.54) is 30.9 Å². The fourth-order valence-corrected chi connectivity index (χ4v) is 11.6. The van der Waals surface area contributed by atoms with E-state index in [2.05, 4.69) is 31.3 Å². The van der Waals surface area contributed by atoms with Gasteiger partial charge in [-0.25, -0.2) is 4.79 Å². The van der Waals surface area contributed by atoms with Crippen LogP contribution in [0, 0.1) is 0 Å². The lowest BCUT2D eigenvalue weighted by atomic mass is 9.89. The first kappa shape index (κ1) is 61.4. The number of aliphatic hydroxyl groups excluding tert-OH is 2.